The number of benzene rings is 2. The number of hydrogen-bond acceptors (Lipinski definition) is 6. The molecule has 0 saturated carbocycles. The summed E-state index contributed by atoms with van der Waals surface area (Å²) in [5, 5.41) is 27.6. The van der Waals surface area contributed by atoms with Crippen LogP contribution in [0.25, 0.3) is 0 Å². The smallest absolute Gasteiger partial charge is 0.416 e. The van der Waals surface area contributed by atoms with E-state index in [2.05, 4.69) is 6.07 Å². The molecule has 0 saturated heterocycles. The molecule has 218 valence electrons. The minimum atomic E-state index is -4.69. The number of nitriles is 2. The van der Waals surface area contributed by atoms with E-state index in [0.29, 0.717) is 35.2 Å². The number of aryl methyl sites for hydroxylation is 2. The summed E-state index contributed by atoms with van der Waals surface area (Å²) in [6, 6.07) is 13.7. The van der Waals surface area contributed by atoms with E-state index in [1.54, 1.807) is 41.2 Å². The van der Waals surface area contributed by atoms with Crippen LogP contribution in [-0.2, 0) is 28.7 Å². The zero-order valence-corrected chi connectivity index (χ0v) is 23.0. The number of nitrogens with zero attached hydrogens (tertiary/aromatic N) is 5. The summed E-state index contributed by atoms with van der Waals surface area (Å²) in [7, 11) is 1.12. The van der Waals surface area contributed by atoms with Gasteiger partial charge in [0, 0.05) is 29.9 Å². The number of hydrogen-bond donors (Lipinski definition) is 2. The van der Waals surface area contributed by atoms with Crippen molar-refractivity contribution >= 4 is 23.6 Å². The van der Waals surface area contributed by atoms with Crippen molar-refractivity contribution in [3.05, 3.63) is 106 Å². The number of ether oxygens (including phenoxy) is 1. The average molecular weight is 589 g/mol. The molecule has 0 aliphatic carbocycles. The van der Waals surface area contributed by atoms with Crippen LogP contribution in [0.15, 0.2) is 78.3 Å². The van der Waals surface area contributed by atoms with E-state index in [4.69, 9.17) is 21.1 Å². The van der Waals surface area contributed by atoms with Gasteiger partial charge in [-0.15, -0.1) is 0 Å². The summed E-state index contributed by atoms with van der Waals surface area (Å²) >= 11 is 0. The lowest BCUT2D eigenvalue weighted by Crippen LogP contribution is -2.55. The number of guanidine groups is 1. The number of carbonyl (C=O) groups excluding carboxylic acids is 2. The molecule has 1 unspecified atom stereocenters. The topological polar surface area (TPSA) is 151 Å². The molecule has 3 N–H and O–H groups in total. The number of methoxy groups -OCH3 is 1. The Kier molecular flexibility index (Phi) is 8.48. The lowest BCUT2D eigenvalue weighted by molar-refractivity contribution is -0.696. The fraction of sp³-hybridized carbons (Fsp3) is 0.200. The second kappa shape index (κ2) is 12.0. The van der Waals surface area contributed by atoms with Crippen LogP contribution in [0, 0.1) is 28.1 Å². The van der Waals surface area contributed by atoms with E-state index in [-0.39, 0.29) is 17.0 Å². The molecule has 3 aromatic rings. The summed E-state index contributed by atoms with van der Waals surface area (Å²) in [4.78, 5) is 28.1. The molecule has 10 nitrogen and oxygen atoms in total. The first-order valence-corrected chi connectivity index (χ1v) is 12.8. The zero-order chi connectivity index (χ0) is 31.5. The Labute approximate surface area is 244 Å². The highest BCUT2D eigenvalue weighted by Gasteiger charge is 2.44. The Morgan fingerprint density at radius 1 is 1.07 bits per heavy atom. The minimum Gasteiger partial charge on any atom is -0.466 e. The number of pyridine rings is 1. The van der Waals surface area contributed by atoms with Crippen LogP contribution in [0.4, 0.5) is 23.7 Å². The van der Waals surface area contributed by atoms with Crippen molar-refractivity contribution in [2.24, 2.45) is 5.73 Å². The lowest BCUT2D eigenvalue weighted by Gasteiger charge is -2.43. The van der Waals surface area contributed by atoms with Crippen LogP contribution in [-0.4, -0.2) is 30.0 Å². The quantitative estimate of drug-likeness (QED) is 0.324. The summed E-state index contributed by atoms with van der Waals surface area (Å²) < 4.78 is 47.4. The van der Waals surface area contributed by atoms with Crippen molar-refractivity contribution in [1.82, 2.24) is 4.90 Å². The van der Waals surface area contributed by atoms with E-state index in [1.807, 2.05) is 6.07 Å². The zero-order valence-electron chi connectivity index (χ0n) is 23.0. The molecule has 2 heterocycles. The number of esters is 1. The van der Waals surface area contributed by atoms with Gasteiger partial charge in [-0.2, -0.15) is 23.7 Å². The van der Waals surface area contributed by atoms with E-state index in [1.165, 1.54) is 19.1 Å². The van der Waals surface area contributed by atoms with E-state index >= 15 is 0 Å². The Morgan fingerprint density at radius 2 is 1.74 bits per heavy atom. The monoisotopic (exact) mass is 588 g/mol. The maximum absolute atomic E-state index is 13.5. The second-order valence-corrected chi connectivity index (χ2v) is 9.52. The van der Waals surface area contributed by atoms with Crippen LogP contribution in [0.3, 0.4) is 0 Å². The molecule has 1 aliphatic heterocycles. The van der Waals surface area contributed by atoms with Gasteiger partial charge in [-0.1, -0.05) is 12.1 Å². The molecule has 0 bridgehead atoms. The van der Waals surface area contributed by atoms with Crippen molar-refractivity contribution in [3.63, 3.8) is 0 Å². The predicted molar refractivity (Wildman–Crippen MR) is 147 cm³/mol. The van der Waals surface area contributed by atoms with Crippen LogP contribution < -0.4 is 15.2 Å². The number of primary amides is 1. The van der Waals surface area contributed by atoms with Crippen LogP contribution in [0.5, 0.6) is 0 Å². The van der Waals surface area contributed by atoms with Crippen LogP contribution in [0.1, 0.15) is 40.8 Å². The standard InChI is InChI=1S/C30H24F3N7O3/c1-18-25(27(41)43-2)26(40(29(37)42)28(36)39(18)23-5-3-4-22(15-23)30(31,32)33)24-7-6-20(17-35)14-21(24)10-13-38-11-8-19(16-34)9-12-38/h3-9,11-12,14-15,26,36H,10,13H2,1-2H3,(H-,37,42)/p+1. The molecule has 2 amide bonds. The molecule has 43 heavy (non-hydrogen) atoms. The predicted octanol–water partition coefficient (Wildman–Crippen LogP) is 4.30. The van der Waals surface area contributed by atoms with E-state index in [9.17, 15) is 28.0 Å². The fourth-order valence-corrected chi connectivity index (χ4v) is 4.96. The highest BCUT2D eigenvalue weighted by Crippen LogP contribution is 2.42. The molecule has 1 atom stereocenters. The number of rotatable bonds is 6. The molecule has 4 rings (SSSR count). The number of nitrogens with one attached hydrogen (secondary N) is 1. The Morgan fingerprint density at radius 3 is 2.33 bits per heavy atom. The number of carbonyl (C=O) groups is 2. The third-order valence-electron chi connectivity index (χ3n) is 7.00. The third kappa shape index (κ3) is 6.01. The summed E-state index contributed by atoms with van der Waals surface area (Å²) in [6.07, 6.45) is -0.986. The van der Waals surface area contributed by atoms with E-state index < -0.39 is 35.7 Å². The van der Waals surface area contributed by atoms with Crippen molar-refractivity contribution in [2.75, 3.05) is 12.0 Å². The van der Waals surface area contributed by atoms with Crippen molar-refractivity contribution < 1.29 is 32.1 Å². The molecular weight excluding hydrogens is 563 g/mol. The summed E-state index contributed by atoms with van der Waals surface area (Å²) in [5.74, 6) is -1.48. The number of halogens is 3. The molecule has 13 heteroatoms. The van der Waals surface area contributed by atoms with Crippen molar-refractivity contribution in [2.45, 2.75) is 32.1 Å². The summed E-state index contributed by atoms with van der Waals surface area (Å²) in [6.45, 7) is 1.81. The van der Waals surface area contributed by atoms with Crippen LogP contribution in [0.2, 0.25) is 0 Å². The highest BCUT2D eigenvalue weighted by atomic mass is 19.4. The Hall–Kier alpha value is -5.69. The molecule has 0 fully saturated rings. The normalized spacial score (nSPS) is 15.1. The maximum atomic E-state index is 13.5. The van der Waals surface area contributed by atoms with Crippen molar-refractivity contribution in [1.29, 1.82) is 15.9 Å². The number of anilines is 1. The number of amides is 2. The van der Waals surface area contributed by atoms with Gasteiger partial charge in [0.2, 0.25) is 5.96 Å². The molecule has 0 radical (unpaired) electrons. The largest absolute Gasteiger partial charge is 0.466 e. The minimum absolute atomic E-state index is 0.0513. The number of alkyl halides is 3. The molecule has 2 aromatic carbocycles. The molecule has 1 aromatic heterocycles. The van der Waals surface area contributed by atoms with Gasteiger partial charge in [0.25, 0.3) is 0 Å². The maximum Gasteiger partial charge on any atom is 0.416 e. The van der Waals surface area contributed by atoms with Gasteiger partial charge in [0.05, 0.1) is 41.5 Å². The molecule has 0 spiro atoms. The third-order valence-corrected chi connectivity index (χ3v) is 7.00. The first kappa shape index (κ1) is 30.3. The Bertz CT molecular complexity index is 1720. The highest BCUT2D eigenvalue weighted by molar-refractivity contribution is 6.10. The van der Waals surface area contributed by atoms with Gasteiger partial charge in [-0.3, -0.25) is 15.2 Å². The van der Waals surface area contributed by atoms with Gasteiger partial charge < -0.3 is 10.5 Å². The number of allylic oxidation sites excluding steroid dienone is 1. The SMILES string of the molecule is COC(=O)C1=C(C)N(c2cccc(C(F)(F)F)c2)C(=N)N(C(N)=O)C1c1ccc(C#N)cc1CC[n+]1ccc(C#N)cc1. The van der Waals surface area contributed by atoms with Gasteiger partial charge in [0.15, 0.2) is 18.9 Å². The average Bonchev–Trinajstić information content (AvgIpc) is 2.99. The summed E-state index contributed by atoms with van der Waals surface area (Å²) in [5.41, 5.74) is 6.23. The Balaban J connectivity index is 1.90. The van der Waals surface area contributed by atoms with Gasteiger partial charge in [-0.05, 0) is 48.4 Å². The first-order valence-electron chi connectivity index (χ1n) is 12.8. The first-order chi connectivity index (χ1) is 20.4. The second-order valence-electron chi connectivity index (χ2n) is 9.52. The molecule has 1 aliphatic rings. The lowest BCUT2D eigenvalue weighted by atomic mass is 9.88. The molecular formula is C30H25F3N7O3+. The van der Waals surface area contributed by atoms with E-state index in [0.717, 1.165) is 35.1 Å². The van der Waals surface area contributed by atoms with Crippen molar-refractivity contribution in [3.8, 4) is 12.1 Å². The van der Waals surface area contributed by atoms with Crippen LogP contribution >= 0.6 is 0 Å². The number of nitrogens with two attached hydrogens (primary N) is 1. The van der Waals surface area contributed by atoms with Gasteiger partial charge >= 0.3 is 18.2 Å². The fourth-order valence-electron chi connectivity index (χ4n) is 4.96. The number of urea groups is 1. The van der Waals surface area contributed by atoms with Gasteiger partial charge in [0.1, 0.15) is 6.04 Å². The van der Waals surface area contributed by atoms with Gasteiger partial charge in [-0.25, -0.2) is 14.2 Å². The number of aromatic nitrogens is 1.